The summed E-state index contributed by atoms with van der Waals surface area (Å²) in [6.45, 7) is 0.576. The van der Waals surface area contributed by atoms with E-state index in [4.69, 9.17) is 5.11 Å². The number of carbonyl (C=O) groups excluding carboxylic acids is 2. The van der Waals surface area contributed by atoms with E-state index in [2.05, 4.69) is 5.32 Å². The molecule has 2 fully saturated rings. The molecule has 10 heteroatoms. The van der Waals surface area contributed by atoms with Crippen LogP contribution < -0.4 is 10.2 Å². The van der Waals surface area contributed by atoms with Gasteiger partial charge in [0.2, 0.25) is 5.91 Å². The number of hydrogen-bond donors (Lipinski definition) is 2. The number of likely N-dealkylation sites (tertiary alicyclic amines) is 1. The van der Waals surface area contributed by atoms with Crippen molar-refractivity contribution in [3.05, 3.63) is 29.8 Å². The van der Waals surface area contributed by atoms with Crippen LogP contribution in [0.1, 0.15) is 24.8 Å². The number of nitrogens with one attached hydrogen (secondary N) is 1. The average Bonchev–Trinajstić information content (AvgIpc) is 3.01. The van der Waals surface area contributed by atoms with Gasteiger partial charge in [-0.25, -0.2) is 4.79 Å². The maximum absolute atomic E-state index is 13.2. The van der Waals surface area contributed by atoms with Gasteiger partial charge in [0, 0.05) is 19.6 Å². The first-order valence-corrected chi connectivity index (χ1v) is 8.94. The fourth-order valence-electron chi connectivity index (χ4n) is 3.57. The van der Waals surface area contributed by atoms with Crippen LogP contribution in [0.2, 0.25) is 0 Å². The van der Waals surface area contributed by atoms with E-state index in [1.54, 1.807) is 0 Å². The standard InChI is InChI=1S/C18H20F3N3O4/c19-18(20,21)12-3-1-2-4-14(12)24-10-7-13(15(24)25)22-17(28)23-8-5-11(6-9-23)16(26)27/h1-4,11,13H,5-10H2,(H,22,28)(H,26,27). The number of hydrogen-bond acceptors (Lipinski definition) is 3. The largest absolute Gasteiger partial charge is 0.481 e. The quantitative estimate of drug-likeness (QED) is 0.816. The van der Waals surface area contributed by atoms with Gasteiger partial charge in [-0.1, -0.05) is 12.1 Å². The summed E-state index contributed by atoms with van der Waals surface area (Å²) in [5.74, 6) is -1.98. The summed E-state index contributed by atoms with van der Waals surface area (Å²) in [4.78, 5) is 38.4. The zero-order valence-corrected chi connectivity index (χ0v) is 14.9. The molecule has 0 bridgehead atoms. The number of benzene rings is 1. The van der Waals surface area contributed by atoms with E-state index in [1.165, 1.54) is 23.1 Å². The summed E-state index contributed by atoms with van der Waals surface area (Å²) in [6, 6.07) is 3.42. The summed E-state index contributed by atoms with van der Waals surface area (Å²) >= 11 is 0. The summed E-state index contributed by atoms with van der Waals surface area (Å²) in [7, 11) is 0. The van der Waals surface area contributed by atoms with E-state index in [0.717, 1.165) is 11.0 Å². The van der Waals surface area contributed by atoms with Crippen LogP contribution in [0.15, 0.2) is 24.3 Å². The van der Waals surface area contributed by atoms with Gasteiger partial charge in [0.25, 0.3) is 0 Å². The smallest absolute Gasteiger partial charge is 0.418 e. The molecule has 1 unspecified atom stereocenters. The molecule has 2 aliphatic rings. The highest BCUT2D eigenvalue weighted by Gasteiger charge is 2.40. The Hall–Kier alpha value is -2.78. The molecule has 1 aromatic rings. The normalized spacial score (nSPS) is 21.1. The Morgan fingerprint density at radius 3 is 2.32 bits per heavy atom. The Labute approximate surface area is 159 Å². The molecule has 1 aromatic carbocycles. The van der Waals surface area contributed by atoms with Crippen molar-refractivity contribution >= 4 is 23.6 Å². The van der Waals surface area contributed by atoms with Crippen molar-refractivity contribution in [1.29, 1.82) is 0 Å². The Bertz CT molecular complexity index is 776. The van der Waals surface area contributed by atoms with E-state index < -0.39 is 41.6 Å². The molecule has 2 saturated heterocycles. The third-order valence-electron chi connectivity index (χ3n) is 5.13. The lowest BCUT2D eigenvalue weighted by Crippen LogP contribution is -2.50. The number of urea groups is 1. The number of halogens is 3. The van der Waals surface area contributed by atoms with Crippen LogP contribution in [0.4, 0.5) is 23.7 Å². The average molecular weight is 399 g/mol. The summed E-state index contributed by atoms with van der Waals surface area (Å²) in [5, 5.41) is 11.6. The number of carboxylic acids is 1. The van der Waals surface area contributed by atoms with Crippen LogP contribution >= 0.6 is 0 Å². The Kier molecular flexibility index (Phi) is 5.48. The Morgan fingerprint density at radius 1 is 1.07 bits per heavy atom. The van der Waals surface area contributed by atoms with Crippen LogP contribution in [0.25, 0.3) is 0 Å². The van der Waals surface area contributed by atoms with Crippen molar-refractivity contribution in [2.24, 2.45) is 5.92 Å². The molecule has 7 nitrogen and oxygen atoms in total. The SMILES string of the molecule is O=C(O)C1CCN(C(=O)NC2CCN(c3ccccc3C(F)(F)F)C2=O)CC1. The van der Waals surface area contributed by atoms with E-state index in [1.807, 2.05) is 0 Å². The molecule has 2 aliphatic heterocycles. The molecule has 28 heavy (non-hydrogen) atoms. The lowest BCUT2D eigenvalue weighted by molar-refractivity contribution is -0.143. The highest BCUT2D eigenvalue weighted by atomic mass is 19.4. The van der Waals surface area contributed by atoms with Crippen LogP contribution in [-0.4, -0.2) is 53.6 Å². The van der Waals surface area contributed by atoms with Crippen LogP contribution in [0, 0.1) is 5.92 Å². The number of aliphatic carboxylic acids is 1. The Morgan fingerprint density at radius 2 is 1.71 bits per heavy atom. The minimum atomic E-state index is -4.59. The van der Waals surface area contributed by atoms with Gasteiger partial charge in [0.05, 0.1) is 17.2 Å². The summed E-state index contributed by atoms with van der Waals surface area (Å²) in [5.41, 5.74) is -1.12. The Balaban J connectivity index is 1.64. The molecule has 2 N–H and O–H groups in total. The summed E-state index contributed by atoms with van der Waals surface area (Å²) < 4.78 is 39.6. The number of carboxylic acid groups (broad SMARTS) is 1. The van der Waals surface area contributed by atoms with Crippen molar-refractivity contribution in [2.75, 3.05) is 24.5 Å². The van der Waals surface area contributed by atoms with Gasteiger partial charge in [-0.2, -0.15) is 13.2 Å². The van der Waals surface area contributed by atoms with Crippen molar-refractivity contribution < 1.29 is 32.7 Å². The molecule has 0 radical (unpaired) electrons. The third kappa shape index (κ3) is 4.05. The fourth-order valence-corrected chi connectivity index (χ4v) is 3.57. The molecular formula is C18H20F3N3O4. The number of amides is 3. The third-order valence-corrected chi connectivity index (χ3v) is 5.13. The fraction of sp³-hybridized carbons (Fsp3) is 0.500. The lowest BCUT2D eigenvalue weighted by Gasteiger charge is -2.31. The van der Waals surface area contributed by atoms with E-state index in [9.17, 15) is 27.6 Å². The second-order valence-corrected chi connectivity index (χ2v) is 6.90. The molecule has 3 rings (SSSR count). The maximum atomic E-state index is 13.2. The minimum Gasteiger partial charge on any atom is -0.481 e. The molecule has 1 atom stereocenters. The molecule has 0 spiro atoms. The molecule has 0 saturated carbocycles. The van der Waals surface area contributed by atoms with E-state index >= 15 is 0 Å². The topological polar surface area (TPSA) is 89.9 Å². The van der Waals surface area contributed by atoms with E-state index in [-0.39, 0.29) is 31.7 Å². The van der Waals surface area contributed by atoms with Crippen LogP contribution in [-0.2, 0) is 15.8 Å². The van der Waals surface area contributed by atoms with Gasteiger partial charge in [-0.05, 0) is 31.4 Å². The van der Waals surface area contributed by atoms with Gasteiger partial charge in [-0.3, -0.25) is 9.59 Å². The monoisotopic (exact) mass is 399 g/mol. The first kappa shape index (κ1) is 20.0. The molecule has 152 valence electrons. The zero-order valence-electron chi connectivity index (χ0n) is 14.9. The van der Waals surface area contributed by atoms with Crippen molar-refractivity contribution in [1.82, 2.24) is 10.2 Å². The molecule has 0 aliphatic carbocycles. The van der Waals surface area contributed by atoms with Gasteiger partial charge in [-0.15, -0.1) is 0 Å². The van der Waals surface area contributed by atoms with E-state index in [0.29, 0.717) is 12.8 Å². The number of carbonyl (C=O) groups is 3. The van der Waals surface area contributed by atoms with Crippen molar-refractivity contribution in [3.8, 4) is 0 Å². The predicted octanol–water partition coefficient (Wildman–Crippen LogP) is 2.32. The second kappa shape index (κ2) is 7.69. The molecule has 3 amide bonds. The van der Waals surface area contributed by atoms with Crippen molar-refractivity contribution in [2.45, 2.75) is 31.5 Å². The molecule has 2 heterocycles. The molecule has 0 aromatic heterocycles. The first-order valence-electron chi connectivity index (χ1n) is 8.94. The van der Waals surface area contributed by atoms with Gasteiger partial charge >= 0.3 is 18.2 Å². The highest BCUT2D eigenvalue weighted by molar-refractivity contribution is 6.01. The van der Waals surface area contributed by atoms with Crippen LogP contribution in [0.5, 0.6) is 0 Å². The predicted molar refractivity (Wildman–Crippen MR) is 92.7 cm³/mol. The number of nitrogens with zero attached hydrogens (tertiary/aromatic N) is 2. The van der Waals surface area contributed by atoms with Crippen LogP contribution in [0.3, 0.4) is 0 Å². The number of alkyl halides is 3. The highest BCUT2D eigenvalue weighted by Crippen LogP contribution is 2.37. The lowest BCUT2D eigenvalue weighted by atomic mass is 9.97. The molecular weight excluding hydrogens is 379 g/mol. The van der Waals surface area contributed by atoms with Gasteiger partial charge in [0.1, 0.15) is 6.04 Å². The number of piperidine rings is 1. The van der Waals surface area contributed by atoms with Gasteiger partial charge in [0.15, 0.2) is 0 Å². The maximum Gasteiger partial charge on any atom is 0.418 e. The number of anilines is 1. The zero-order chi connectivity index (χ0) is 20.5. The second-order valence-electron chi connectivity index (χ2n) is 6.90. The minimum absolute atomic E-state index is 0.0674. The number of rotatable bonds is 3. The summed E-state index contributed by atoms with van der Waals surface area (Å²) in [6.07, 6.45) is -3.74. The first-order chi connectivity index (χ1) is 13.2. The number of para-hydroxylation sites is 1. The van der Waals surface area contributed by atoms with Crippen molar-refractivity contribution in [3.63, 3.8) is 0 Å². The van der Waals surface area contributed by atoms with Gasteiger partial charge < -0.3 is 20.2 Å².